The van der Waals surface area contributed by atoms with Crippen molar-refractivity contribution in [2.24, 2.45) is 17.8 Å². The van der Waals surface area contributed by atoms with E-state index in [2.05, 4.69) is 55.4 Å². The first-order valence-electron chi connectivity index (χ1n) is 9.38. The minimum atomic E-state index is 0.742. The van der Waals surface area contributed by atoms with Crippen LogP contribution in [0.1, 0.15) is 37.2 Å². The van der Waals surface area contributed by atoms with Crippen molar-refractivity contribution in [2.45, 2.75) is 31.6 Å². The van der Waals surface area contributed by atoms with Crippen LogP contribution < -0.4 is 4.74 Å². The molecule has 2 heteroatoms. The van der Waals surface area contributed by atoms with Crippen molar-refractivity contribution >= 4 is 10.8 Å². The van der Waals surface area contributed by atoms with E-state index in [9.17, 15) is 0 Å². The van der Waals surface area contributed by atoms with E-state index in [0.29, 0.717) is 0 Å². The van der Waals surface area contributed by atoms with Crippen LogP contribution in [0.4, 0.5) is 0 Å². The van der Waals surface area contributed by atoms with Crippen LogP contribution in [0, 0.1) is 17.8 Å². The third-order valence-corrected chi connectivity index (χ3v) is 6.42. The van der Waals surface area contributed by atoms with E-state index in [0.717, 1.165) is 29.4 Å². The summed E-state index contributed by atoms with van der Waals surface area (Å²) in [5.41, 5.74) is 1.56. The highest BCUT2D eigenvalue weighted by Crippen LogP contribution is 2.53. The van der Waals surface area contributed by atoms with Crippen LogP contribution in [-0.4, -0.2) is 32.6 Å². The van der Waals surface area contributed by atoms with Gasteiger partial charge < -0.3 is 9.64 Å². The Morgan fingerprint density at radius 2 is 1.58 bits per heavy atom. The van der Waals surface area contributed by atoms with Crippen molar-refractivity contribution < 1.29 is 4.74 Å². The number of fused-ring (bicyclic) bond motifs is 4. The molecule has 3 aliphatic carbocycles. The summed E-state index contributed by atoms with van der Waals surface area (Å²) in [5.74, 6) is 4.32. The molecule has 2 aromatic rings. The fourth-order valence-electron chi connectivity index (χ4n) is 5.36. The third kappa shape index (κ3) is 2.82. The maximum absolute atomic E-state index is 5.36. The number of nitrogens with zero attached hydrogens (tertiary/aromatic N) is 1. The molecular weight excluding hydrogens is 294 g/mol. The molecule has 0 amide bonds. The summed E-state index contributed by atoms with van der Waals surface area (Å²) in [5, 5.41) is 2.63. The van der Waals surface area contributed by atoms with Gasteiger partial charge in [-0.25, -0.2) is 0 Å². The lowest BCUT2D eigenvalue weighted by Gasteiger charge is -2.50. The Bertz CT molecular complexity index is 715. The molecule has 2 bridgehead atoms. The number of hydrogen-bond acceptors (Lipinski definition) is 2. The van der Waals surface area contributed by atoms with Gasteiger partial charge in [-0.3, -0.25) is 0 Å². The molecule has 0 spiro atoms. The monoisotopic (exact) mass is 323 g/mol. The second-order valence-corrected chi connectivity index (χ2v) is 8.10. The third-order valence-electron chi connectivity index (χ3n) is 6.42. The molecule has 3 fully saturated rings. The molecule has 0 saturated heterocycles. The van der Waals surface area contributed by atoms with E-state index in [1.165, 1.54) is 43.0 Å². The Morgan fingerprint density at radius 1 is 0.917 bits per heavy atom. The summed E-state index contributed by atoms with van der Waals surface area (Å²) in [6.07, 6.45) is 5.76. The van der Waals surface area contributed by atoms with Crippen LogP contribution in [0.2, 0.25) is 0 Å². The highest BCUT2D eigenvalue weighted by atomic mass is 16.5. The van der Waals surface area contributed by atoms with Crippen molar-refractivity contribution in [3.63, 3.8) is 0 Å². The van der Waals surface area contributed by atoms with Crippen LogP contribution in [0.15, 0.2) is 36.4 Å². The molecule has 24 heavy (non-hydrogen) atoms. The van der Waals surface area contributed by atoms with Crippen molar-refractivity contribution in [3.8, 4) is 5.75 Å². The lowest BCUT2D eigenvalue weighted by Crippen LogP contribution is -2.43. The largest absolute Gasteiger partial charge is 0.497 e. The average molecular weight is 323 g/mol. The van der Waals surface area contributed by atoms with Crippen molar-refractivity contribution in [1.29, 1.82) is 0 Å². The summed E-state index contributed by atoms with van der Waals surface area (Å²) in [4.78, 5) is 2.39. The molecular formula is C22H29NO. The molecule has 0 heterocycles. The van der Waals surface area contributed by atoms with Gasteiger partial charge in [-0.05, 0) is 91.9 Å². The first-order valence-corrected chi connectivity index (χ1v) is 9.38. The molecule has 2 nitrogen and oxygen atoms in total. The topological polar surface area (TPSA) is 12.5 Å². The van der Waals surface area contributed by atoms with Gasteiger partial charge in [0.25, 0.3) is 0 Å². The quantitative estimate of drug-likeness (QED) is 0.791. The van der Waals surface area contributed by atoms with Crippen LogP contribution in [0.3, 0.4) is 0 Å². The first kappa shape index (κ1) is 16.0. The first-order chi connectivity index (χ1) is 11.7. The Morgan fingerprint density at radius 3 is 2.29 bits per heavy atom. The molecule has 0 radical (unpaired) electrons. The van der Waals surface area contributed by atoms with E-state index >= 15 is 0 Å². The van der Waals surface area contributed by atoms with Crippen LogP contribution >= 0.6 is 0 Å². The molecule has 0 aliphatic heterocycles. The number of ether oxygens (including phenoxy) is 1. The van der Waals surface area contributed by atoms with Gasteiger partial charge in [0, 0.05) is 6.54 Å². The standard InChI is InChI=1S/C22H29NO/c1-23(2)14-21-15-4-6-16(7-5-15)22(21)19-9-8-18-13-20(24-3)11-10-17(18)12-19/h8-13,15-16,21-22H,4-7,14H2,1-3H3/t15?,16?,21-,22-/m1/s1. The lowest BCUT2D eigenvalue weighted by atomic mass is 9.56. The van der Waals surface area contributed by atoms with Crippen LogP contribution in [-0.2, 0) is 0 Å². The molecule has 0 unspecified atom stereocenters. The average Bonchev–Trinajstić information content (AvgIpc) is 2.61. The van der Waals surface area contributed by atoms with E-state index in [1.54, 1.807) is 12.7 Å². The predicted octanol–water partition coefficient (Wildman–Crippen LogP) is 4.93. The normalized spacial score (nSPS) is 29.3. The van der Waals surface area contributed by atoms with Gasteiger partial charge in [-0.15, -0.1) is 0 Å². The fourth-order valence-corrected chi connectivity index (χ4v) is 5.36. The lowest BCUT2D eigenvalue weighted by molar-refractivity contribution is 0.0507. The fraction of sp³-hybridized carbons (Fsp3) is 0.545. The molecule has 2 atom stereocenters. The second kappa shape index (κ2) is 6.40. The van der Waals surface area contributed by atoms with E-state index in [1.807, 2.05) is 0 Å². The van der Waals surface area contributed by atoms with Crippen LogP contribution in [0.25, 0.3) is 10.8 Å². The maximum atomic E-state index is 5.36. The van der Waals surface area contributed by atoms with Gasteiger partial charge in [0.2, 0.25) is 0 Å². The summed E-state index contributed by atoms with van der Waals surface area (Å²) >= 11 is 0. The number of hydrogen-bond donors (Lipinski definition) is 0. The van der Waals surface area contributed by atoms with Gasteiger partial charge in [0.15, 0.2) is 0 Å². The number of rotatable bonds is 4. The summed E-state index contributed by atoms with van der Waals surface area (Å²) < 4.78 is 5.36. The zero-order chi connectivity index (χ0) is 16.7. The molecule has 3 saturated carbocycles. The molecule has 5 rings (SSSR count). The van der Waals surface area contributed by atoms with Gasteiger partial charge >= 0.3 is 0 Å². The van der Waals surface area contributed by atoms with E-state index in [-0.39, 0.29) is 0 Å². The number of methoxy groups -OCH3 is 1. The van der Waals surface area contributed by atoms with Gasteiger partial charge in [-0.2, -0.15) is 0 Å². The Balaban J connectivity index is 1.71. The zero-order valence-electron chi connectivity index (χ0n) is 15.2. The van der Waals surface area contributed by atoms with Crippen molar-refractivity contribution in [2.75, 3.05) is 27.7 Å². The molecule has 0 N–H and O–H groups in total. The molecule has 2 aromatic carbocycles. The molecule has 0 aromatic heterocycles. The minimum absolute atomic E-state index is 0.742. The highest BCUT2D eigenvalue weighted by Gasteiger charge is 2.44. The second-order valence-electron chi connectivity index (χ2n) is 8.10. The zero-order valence-corrected chi connectivity index (χ0v) is 15.2. The molecule has 3 aliphatic rings. The van der Waals surface area contributed by atoms with Gasteiger partial charge in [-0.1, -0.05) is 24.3 Å². The Labute approximate surface area is 145 Å². The summed E-state index contributed by atoms with van der Waals surface area (Å²) in [6, 6.07) is 13.6. The minimum Gasteiger partial charge on any atom is -0.497 e. The highest BCUT2D eigenvalue weighted by molar-refractivity contribution is 5.84. The van der Waals surface area contributed by atoms with Crippen LogP contribution in [0.5, 0.6) is 5.75 Å². The maximum Gasteiger partial charge on any atom is 0.119 e. The van der Waals surface area contributed by atoms with Crippen molar-refractivity contribution in [1.82, 2.24) is 4.90 Å². The smallest absolute Gasteiger partial charge is 0.119 e. The SMILES string of the molecule is COc1ccc2cc([C@H]3C4CCC(CC4)[C@H]3CN(C)C)ccc2c1. The number of benzene rings is 2. The van der Waals surface area contributed by atoms with E-state index in [4.69, 9.17) is 4.74 Å². The molecule has 128 valence electrons. The summed E-state index contributed by atoms with van der Waals surface area (Å²) in [6.45, 7) is 1.23. The summed E-state index contributed by atoms with van der Waals surface area (Å²) in [7, 11) is 6.19. The predicted molar refractivity (Wildman–Crippen MR) is 101 cm³/mol. The van der Waals surface area contributed by atoms with Crippen molar-refractivity contribution in [3.05, 3.63) is 42.0 Å². The van der Waals surface area contributed by atoms with Gasteiger partial charge in [0.05, 0.1) is 7.11 Å². The van der Waals surface area contributed by atoms with E-state index < -0.39 is 0 Å². The van der Waals surface area contributed by atoms with Gasteiger partial charge in [0.1, 0.15) is 5.75 Å². The Hall–Kier alpha value is -1.54. The Kier molecular flexibility index (Phi) is 4.26.